The van der Waals surface area contributed by atoms with Gasteiger partial charge in [-0.25, -0.2) is 23.1 Å². The second-order valence-corrected chi connectivity index (χ2v) is 6.10. The van der Waals surface area contributed by atoms with Crippen molar-refractivity contribution in [3.8, 4) is 17.1 Å². The van der Waals surface area contributed by atoms with Crippen LogP contribution in [0.15, 0.2) is 59.0 Å². The summed E-state index contributed by atoms with van der Waals surface area (Å²) in [4.78, 5) is 2.05. The highest BCUT2D eigenvalue weighted by molar-refractivity contribution is 5.80. The second-order valence-electron chi connectivity index (χ2n) is 5.34. The number of phenols is 1. The minimum absolute atomic E-state index is 0.210. The molecule has 0 fully saturated rings. The third-order valence-electron chi connectivity index (χ3n) is 3.30. The Hall–Kier alpha value is -2.42. The predicted molar refractivity (Wildman–Crippen MR) is 82.0 cm³/mol. The lowest BCUT2D eigenvalue weighted by Crippen LogP contribution is -2.68. The van der Waals surface area contributed by atoms with Gasteiger partial charge >= 0.3 is 11.3 Å². The number of nitrogens with zero attached hydrogens (tertiary/aromatic N) is 1. The Morgan fingerprint density at radius 3 is 2.00 bits per heavy atom. The SMILES string of the molecule is CN(C)c1ccc(-c2ccc3ccc(O)cc3[o+]2)cc1.[O-][Cl+3]([O-])([O-])[O-]. The molecule has 1 N–H and O–H groups in total. The summed E-state index contributed by atoms with van der Waals surface area (Å²) in [5.74, 6) is 0.995. The van der Waals surface area contributed by atoms with E-state index >= 15 is 0 Å². The molecule has 0 aliphatic heterocycles. The molecule has 0 spiro atoms. The van der Waals surface area contributed by atoms with E-state index in [1.807, 2.05) is 44.4 Å². The molecule has 2 aromatic carbocycles. The number of halogens is 1. The molecule has 0 aliphatic carbocycles. The van der Waals surface area contributed by atoms with Crippen LogP contribution in [-0.4, -0.2) is 19.2 Å². The zero-order valence-electron chi connectivity index (χ0n) is 13.5. The van der Waals surface area contributed by atoms with Crippen LogP contribution in [0.5, 0.6) is 5.75 Å². The zero-order valence-corrected chi connectivity index (χ0v) is 14.3. The molecule has 0 atom stereocenters. The van der Waals surface area contributed by atoms with Gasteiger partial charge < -0.3 is 10.0 Å². The molecule has 7 nitrogen and oxygen atoms in total. The van der Waals surface area contributed by atoms with Crippen LogP contribution in [0, 0.1) is 10.2 Å². The molecule has 25 heavy (non-hydrogen) atoms. The third kappa shape index (κ3) is 5.86. The number of fused-ring (bicyclic) bond motifs is 1. The normalized spacial score (nSPS) is 11.0. The molecule has 0 unspecified atom stereocenters. The average Bonchev–Trinajstić information content (AvgIpc) is 2.52. The summed E-state index contributed by atoms with van der Waals surface area (Å²) in [6.07, 6.45) is 0. The Balaban J connectivity index is 0.000000399. The first-order chi connectivity index (χ1) is 11.6. The molecule has 3 rings (SSSR count). The maximum atomic E-state index is 9.52. The lowest BCUT2D eigenvalue weighted by atomic mass is 10.1. The van der Waals surface area contributed by atoms with E-state index in [-0.39, 0.29) is 5.75 Å². The molecule has 1 heterocycles. The van der Waals surface area contributed by atoms with Crippen LogP contribution < -0.4 is 23.5 Å². The molecule has 3 aromatic rings. The van der Waals surface area contributed by atoms with Gasteiger partial charge in [-0.2, -0.15) is 0 Å². The minimum atomic E-state index is -4.94. The van der Waals surface area contributed by atoms with Gasteiger partial charge in [0.2, 0.25) is 0 Å². The molecule has 0 amide bonds. The van der Waals surface area contributed by atoms with Crippen molar-refractivity contribution in [2.45, 2.75) is 0 Å². The number of hydrogen-bond acceptors (Lipinski definition) is 6. The Morgan fingerprint density at radius 2 is 1.44 bits per heavy atom. The lowest BCUT2D eigenvalue weighted by Gasteiger charge is -2.17. The number of phenolic OH excluding ortho intramolecular Hbond substituents is 1. The summed E-state index contributed by atoms with van der Waals surface area (Å²) < 4.78 is 39.8. The average molecular weight is 366 g/mol. The van der Waals surface area contributed by atoms with Crippen LogP contribution in [0.3, 0.4) is 0 Å². The number of benzene rings is 2. The van der Waals surface area contributed by atoms with E-state index in [1.54, 1.807) is 12.1 Å². The number of rotatable bonds is 2. The fourth-order valence-electron chi connectivity index (χ4n) is 2.15. The van der Waals surface area contributed by atoms with Crippen LogP contribution in [0.1, 0.15) is 0 Å². The molecular formula is C17H16ClNO6. The zero-order chi connectivity index (χ0) is 18.6. The van der Waals surface area contributed by atoms with Crippen molar-refractivity contribution in [3.63, 3.8) is 0 Å². The van der Waals surface area contributed by atoms with Crippen molar-refractivity contribution in [1.29, 1.82) is 0 Å². The van der Waals surface area contributed by atoms with Crippen LogP contribution in [0.2, 0.25) is 0 Å². The summed E-state index contributed by atoms with van der Waals surface area (Å²) in [6, 6.07) is 17.2. The van der Waals surface area contributed by atoms with Crippen molar-refractivity contribution >= 4 is 16.7 Å². The minimum Gasteiger partial charge on any atom is -0.508 e. The van der Waals surface area contributed by atoms with Gasteiger partial charge in [0, 0.05) is 25.8 Å². The van der Waals surface area contributed by atoms with Gasteiger partial charge in [0.25, 0.3) is 0 Å². The fourth-order valence-corrected chi connectivity index (χ4v) is 2.15. The second kappa shape index (κ2) is 7.64. The molecule has 1 aromatic heterocycles. The molecule has 8 heteroatoms. The monoisotopic (exact) mass is 365 g/mol. The maximum absolute atomic E-state index is 9.52. The Morgan fingerprint density at radius 1 is 0.880 bits per heavy atom. The predicted octanol–water partition coefficient (Wildman–Crippen LogP) is -0.604. The molecule has 0 saturated carbocycles. The lowest BCUT2D eigenvalue weighted by molar-refractivity contribution is -2.00. The number of aromatic hydroxyl groups is 1. The molecule has 0 saturated heterocycles. The van der Waals surface area contributed by atoms with E-state index in [2.05, 4.69) is 17.0 Å². The van der Waals surface area contributed by atoms with Gasteiger partial charge in [-0.3, -0.25) is 0 Å². The fraction of sp³-hybridized carbons (Fsp3) is 0.118. The van der Waals surface area contributed by atoms with E-state index in [4.69, 9.17) is 23.1 Å². The van der Waals surface area contributed by atoms with Gasteiger partial charge in [-0.15, -0.1) is 10.2 Å². The van der Waals surface area contributed by atoms with E-state index in [0.717, 1.165) is 22.4 Å². The van der Waals surface area contributed by atoms with Crippen LogP contribution >= 0.6 is 0 Å². The first kappa shape index (κ1) is 18.9. The summed E-state index contributed by atoms with van der Waals surface area (Å²) in [7, 11) is -0.920. The van der Waals surface area contributed by atoms with Gasteiger partial charge in [-0.05, 0) is 42.5 Å². The molecule has 0 radical (unpaired) electrons. The largest absolute Gasteiger partial charge is 0.508 e. The molecular weight excluding hydrogens is 350 g/mol. The van der Waals surface area contributed by atoms with Gasteiger partial charge in [0.05, 0.1) is 17.0 Å². The van der Waals surface area contributed by atoms with Crippen molar-refractivity contribution < 1.29 is 38.4 Å². The van der Waals surface area contributed by atoms with Crippen molar-refractivity contribution in [1.82, 2.24) is 0 Å². The highest BCUT2D eigenvalue weighted by Gasteiger charge is 2.15. The Bertz CT molecular complexity index is 840. The van der Waals surface area contributed by atoms with Gasteiger partial charge in [-0.1, -0.05) is 0 Å². The van der Waals surface area contributed by atoms with E-state index < -0.39 is 10.2 Å². The van der Waals surface area contributed by atoms with Crippen molar-refractivity contribution in [3.05, 3.63) is 54.6 Å². The highest BCUT2D eigenvalue weighted by Crippen LogP contribution is 2.27. The topological polar surface area (TPSA) is 127 Å². The highest BCUT2D eigenvalue weighted by atomic mass is 35.7. The first-order valence-electron chi connectivity index (χ1n) is 7.09. The summed E-state index contributed by atoms with van der Waals surface area (Å²) in [5.41, 5.74) is 2.84. The van der Waals surface area contributed by atoms with E-state index in [1.165, 1.54) is 0 Å². The van der Waals surface area contributed by atoms with E-state index in [9.17, 15) is 5.11 Å². The Labute approximate surface area is 146 Å². The summed E-state index contributed by atoms with van der Waals surface area (Å²) in [6.45, 7) is 0. The van der Waals surface area contributed by atoms with Crippen LogP contribution in [-0.2, 0) is 0 Å². The van der Waals surface area contributed by atoms with Gasteiger partial charge in [0.15, 0.2) is 0 Å². The van der Waals surface area contributed by atoms with Crippen LogP contribution in [0.25, 0.3) is 22.3 Å². The van der Waals surface area contributed by atoms with Crippen LogP contribution in [0.4, 0.5) is 5.69 Å². The summed E-state index contributed by atoms with van der Waals surface area (Å²) in [5, 5.41) is 10.5. The molecule has 0 aliphatic rings. The van der Waals surface area contributed by atoms with Gasteiger partial charge in [0.1, 0.15) is 5.75 Å². The third-order valence-corrected chi connectivity index (χ3v) is 3.30. The van der Waals surface area contributed by atoms with E-state index in [0.29, 0.717) is 5.58 Å². The maximum Gasteiger partial charge on any atom is 0.364 e. The first-order valence-corrected chi connectivity index (χ1v) is 8.32. The number of hydrogen-bond donors (Lipinski definition) is 1. The molecule has 132 valence electrons. The quantitative estimate of drug-likeness (QED) is 0.600. The molecule has 0 bridgehead atoms. The van der Waals surface area contributed by atoms with Crippen molar-refractivity contribution in [2.75, 3.05) is 19.0 Å². The van der Waals surface area contributed by atoms with Crippen molar-refractivity contribution in [2.24, 2.45) is 0 Å². The standard InChI is InChI=1S/C17H15NO2.ClHO4/c1-18(2)14-7-3-12(4-8-14)16-10-6-13-5-9-15(19)11-17(13)20-16;2-1(3,4)5/h3-11H,1-2H3;(H,2,3,4,5). The summed E-state index contributed by atoms with van der Waals surface area (Å²) >= 11 is 0. The Kier molecular flexibility index (Phi) is 5.78. The smallest absolute Gasteiger partial charge is 0.364 e. The number of anilines is 1.